The van der Waals surface area contributed by atoms with Gasteiger partial charge in [0.25, 0.3) is 5.56 Å². The number of benzene rings is 2. The monoisotopic (exact) mass is 308 g/mol. The lowest BCUT2D eigenvalue weighted by atomic mass is 10.1. The molecule has 23 heavy (non-hydrogen) atoms. The minimum Gasteiger partial charge on any atom is -0.324 e. The normalized spacial score (nSPS) is 10.7. The molecule has 3 aromatic rings. The van der Waals surface area contributed by atoms with E-state index in [1.807, 2.05) is 24.3 Å². The summed E-state index contributed by atoms with van der Waals surface area (Å²) in [6.45, 7) is 1.89. The van der Waals surface area contributed by atoms with Crippen LogP contribution in [0.25, 0.3) is 10.9 Å². The molecule has 6 nitrogen and oxygen atoms in total. The highest BCUT2D eigenvalue weighted by Gasteiger charge is 2.09. The first kappa shape index (κ1) is 14.9. The number of nitrogens with one attached hydrogen (secondary N) is 1. The van der Waals surface area contributed by atoms with Crippen LogP contribution in [-0.2, 0) is 17.8 Å². The highest BCUT2D eigenvalue weighted by atomic mass is 16.2. The third-order valence-electron chi connectivity index (χ3n) is 3.57. The van der Waals surface area contributed by atoms with Crippen LogP contribution in [0.3, 0.4) is 0 Å². The van der Waals surface area contributed by atoms with E-state index in [0.717, 1.165) is 11.1 Å². The van der Waals surface area contributed by atoms with Crippen molar-refractivity contribution in [3.8, 4) is 0 Å². The van der Waals surface area contributed by atoms with Gasteiger partial charge in [-0.3, -0.25) is 9.59 Å². The van der Waals surface area contributed by atoms with Crippen molar-refractivity contribution < 1.29 is 4.79 Å². The molecule has 0 radical (unpaired) electrons. The maximum absolute atomic E-state index is 12.3. The zero-order valence-corrected chi connectivity index (χ0v) is 12.7. The number of nitrogens with zero attached hydrogens (tertiary/aromatic N) is 3. The number of anilines is 1. The quantitative estimate of drug-likeness (QED) is 0.799. The SMILES string of the molecule is CCc1ccc(NC(=O)Cn2nnc3ccccc3c2=O)cc1. The number of amides is 1. The molecule has 116 valence electrons. The van der Waals surface area contributed by atoms with Crippen LogP contribution in [0.2, 0.25) is 0 Å². The van der Waals surface area contributed by atoms with Crippen molar-refractivity contribution in [1.82, 2.24) is 15.0 Å². The van der Waals surface area contributed by atoms with Crippen molar-refractivity contribution in [1.29, 1.82) is 0 Å². The Labute approximate surface area is 132 Å². The third kappa shape index (κ3) is 3.26. The average Bonchev–Trinajstić information content (AvgIpc) is 2.58. The molecule has 0 saturated heterocycles. The van der Waals surface area contributed by atoms with E-state index in [-0.39, 0.29) is 18.0 Å². The minimum atomic E-state index is -0.327. The Morgan fingerprint density at radius 1 is 1.13 bits per heavy atom. The van der Waals surface area contributed by atoms with Gasteiger partial charge in [0.05, 0.1) is 5.39 Å². The van der Waals surface area contributed by atoms with Crippen LogP contribution in [0.4, 0.5) is 5.69 Å². The fraction of sp³-hybridized carbons (Fsp3) is 0.176. The topological polar surface area (TPSA) is 76.9 Å². The van der Waals surface area contributed by atoms with Gasteiger partial charge in [-0.25, -0.2) is 4.68 Å². The third-order valence-corrected chi connectivity index (χ3v) is 3.57. The molecular weight excluding hydrogens is 292 g/mol. The number of carbonyl (C=O) groups is 1. The van der Waals surface area contributed by atoms with Gasteiger partial charge in [0.1, 0.15) is 12.1 Å². The van der Waals surface area contributed by atoms with Crippen LogP contribution in [0.5, 0.6) is 0 Å². The van der Waals surface area contributed by atoms with Gasteiger partial charge in [-0.2, -0.15) is 0 Å². The average molecular weight is 308 g/mol. The van der Waals surface area contributed by atoms with Gasteiger partial charge in [-0.05, 0) is 36.2 Å². The van der Waals surface area contributed by atoms with Crippen LogP contribution in [-0.4, -0.2) is 20.9 Å². The summed E-state index contributed by atoms with van der Waals surface area (Å²) in [5.74, 6) is -0.319. The van der Waals surface area contributed by atoms with Gasteiger partial charge in [0.15, 0.2) is 0 Å². The summed E-state index contributed by atoms with van der Waals surface area (Å²) in [4.78, 5) is 24.4. The highest BCUT2D eigenvalue weighted by molar-refractivity contribution is 5.90. The molecule has 2 aromatic carbocycles. The number of rotatable bonds is 4. The van der Waals surface area contributed by atoms with E-state index >= 15 is 0 Å². The Balaban J connectivity index is 1.77. The fourth-order valence-electron chi connectivity index (χ4n) is 2.29. The van der Waals surface area contributed by atoms with Crippen LogP contribution in [0.15, 0.2) is 53.3 Å². The summed E-state index contributed by atoms with van der Waals surface area (Å²) in [5, 5.41) is 11.0. The van der Waals surface area contributed by atoms with Gasteiger partial charge in [-0.1, -0.05) is 36.4 Å². The predicted molar refractivity (Wildman–Crippen MR) is 88.2 cm³/mol. The minimum absolute atomic E-state index is 0.174. The molecule has 0 spiro atoms. The maximum atomic E-state index is 12.3. The van der Waals surface area contributed by atoms with E-state index in [1.54, 1.807) is 24.3 Å². The molecule has 0 atom stereocenters. The molecule has 1 heterocycles. The standard InChI is InChI=1S/C17H16N4O2/c1-2-12-7-9-13(10-8-12)18-16(22)11-21-17(23)14-5-3-4-6-15(14)19-20-21/h3-10H,2,11H2,1H3,(H,18,22). The Bertz CT molecular complexity index is 900. The van der Waals surface area contributed by atoms with Crippen molar-refractivity contribution in [2.45, 2.75) is 19.9 Å². The van der Waals surface area contributed by atoms with Crippen molar-refractivity contribution in [3.05, 3.63) is 64.4 Å². The van der Waals surface area contributed by atoms with Gasteiger partial charge in [0.2, 0.25) is 5.91 Å². The van der Waals surface area contributed by atoms with Gasteiger partial charge >= 0.3 is 0 Å². The van der Waals surface area contributed by atoms with Crippen molar-refractivity contribution in [3.63, 3.8) is 0 Å². The molecule has 3 rings (SSSR count). The summed E-state index contributed by atoms with van der Waals surface area (Å²) in [7, 11) is 0. The zero-order chi connectivity index (χ0) is 16.2. The lowest BCUT2D eigenvalue weighted by molar-refractivity contribution is -0.117. The number of aryl methyl sites for hydroxylation is 1. The number of aromatic nitrogens is 3. The van der Waals surface area contributed by atoms with E-state index < -0.39 is 0 Å². The van der Waals surface area contributed by atoms with Crippen molar-refractivity contribution in [2.75, 3.05) is 5.32 Å². The smallest absolute Gasteiger partial charge is 0.278 e. The number of carbonyl (C=O) groups excluding carboxylic acids is 1. The van der Waals surface area contributed by atoms with Gasteiger partial charge in [0, 0.05) is 5.69 Å². The molecule has 0 unspecified atom stereocenters. The maximum Gasteiger partial charge on any atom is 0.278 e. The summed E-state index contributed by atoms with van der Waals surface area (Å²) in [5.41, 5.74) is 2.07. The van der Waals surface area contributed by atoms with Gasteiger partial charge in [-0.15, -0.1) is 5.10 Å². The van der Waals surface area contributed by atoms with Gasteiger partial charge < -0.3 is 5.32 Å². The molecule has 1 N–H and O–H groups in total. The summed E-state index contributed by atoms with van der Waals surface area (Å²) >= 11 is 0. The number of hydrogen-bond donors (Lipinski definition) is 1. The summed E-state index contributed by atoms with van der Waals surface area (Å²) < 4.78 is 1.07. The largest absolute Gasteiger partial charge is 0.324 e. The second kappa shape index (κ2) is 6.39. The first-order valence-electron chi connectivity index (χ1n) is 7.38. The van der Waals surface area contributed by atoms with Crippen LogP contribution >= 0.6 is 0 Å². The Kier molecular flexibility index (Phi) is 4.14. The van der Waals surface area contributed by atoms with Crippen LogP contribution in [0.1, 0.15) is 12.5 Å². The van der Waals surface area contributed by atoms with Crippen LogP contribution in [0, 0.1) is 0 Å². The molecule has 0 saturated carbocycles. The highest BCUT2D eigenvalue weighted by Crippen LogP contribution is 2.10. The Morgan fingerprint density at radius 3 is 2.61 bits per heavy atom. The molecular formula is C17H16N4O2. The molecule has 6 heteroatoms. The second-order valence-corrected chi connectivity index (χ2v) is 5.17. The van der Waals surface area contributed by atoms with E-state index in [2.05, 4.69) is 22.6 Å². The van der Waals surface area contributed by atoms with E-state index in [9.17, 15) is 9.59 Å². The molecule has 1 aromatic heterocycles. The van der Waals surface area contributed by atoms with E-state index in [1.165, 1.54) is 5.56 Å². The first-order chi connectivity index (χ1) is 11.2. The summed E-state index contributed by atoms with van der Waals surface area (Å²) in [6.07, 6.45) is 0.941. The molecule has 0 aliphatic rings. The fourth-order valence-corrected chi connectivity index (χ4v) is 2.29. The molecule has 0 fully saturated rings. The molecule has 0 aliphatic heterocycles. The molecule has 1 amide bonds. The van der Waals surface area contributed by atoms with Crippen LogP contribution < -0.4 is 10.9 Å². The second-order valence-electron chi connectivity index (χ2n) is 5.17. The summed E-state index contributed by atoms with van der Waals surface area (Å²) in [6, 6.07) is 14.5. The van der Waals surface area contributed by atoms with Crippen molar-refractivity contribution >= 4 is 22.5 Å². The Morgan fingerprint density at radius 2 is 1.87 bits per heavy atom. The van der Waals surface area contributed by atoms with Crippen molar-refractivity contribution in [2.24, 2.45) is 0 Å². The first-order valence-corrected chi connectivity index (χ1v) is 7.38. The number of hydrogen-bond acceptors (Lipinski definition) is 4. The lowest BCUT2D eigenvalue weighted by Crippen LogP contribution is -2.30. The lowest BCUT2D eigenvalue weighted by Gasteiger charge is -2.07. The number of fused-ring (bicyclic) bond motifs is 1. The Hall–Kier alpha value is -3.02. The van der Waals surface area contributed by atoms with E-state index in [4.69, 9.17) is 0 Å². The van der Waals surface area contributed by atoms with E-state index in [0.29, 0.717) is 16.6 Å². The predicted octanol–water partition coefficient (Wildman–Crippen LogP) is 1.99. The molecule has 0 bridgehead atoms. The molecule has 0 aliphatic carbocycles. The zero-order valence-electron chi connectivity index (χ0n) is 12.7.